The van der Waals surface area contributed by atoms with Gasteiger partial charge in [0, 0.05) is 23.9 Å². The first-order valence-corrected chi connectivity index (χ1v) is 8.78. The summed E-state index contributed by atoms with van der Waals surface area (Å²) in [5.41, 5.74) is 2.13. The van der Waals surface area contributed by atoms with E-state index in [1.165, 1.54) is 17.4 Å². The van der Waals surface area contributed by atoms with Crippen LogP contribution in [0.2, 0.25) is 0 Å². The van der Waals surface area contributed by atoms with E-state index in [4.69, 9.17) is 13.3 Å². The average Bonchev–Trinajstić information content (AvgIpc) is 3.50. The number of anilines is 3. The van der Waals surface area contributed by atoms with Gasteiger partial charge in [0.05, 0.1) is 12.5 Å². The minimum Gasteiger partial charge on any atom is -0.448 e. The van der Waals surface area contributed by atoms with Gasteiger partial charge in [-0.15, -0.1) is 0 Å². The Labute approximate surface area is 164 Å². The Hall–Kier alpha value is -4.33. The molecule has 142 valence electrons. The second-order valence-corrected chi connectivity index (χ2v) is 6.08. The van der Waals surface area contributed by atoms with Gasteiger partial charge in [-0.1, -0.05) is 12.1 Å². The largest absolute Gasteiger partial charge is 0.448 e. The van der Waals surface area contributed by atoms with Gasteiger partial charge in [-0.2, -0.15) is 4.90 Å². The molecule has 0 unspecified atom stereocenters. The van der Waals surface area contributed by atoms with Crippen LogP contribution >= 0.6 is 0 Å². The minimum absolute atomic E-state index is 0.313. The number of urea groups is 1. The molecule has 0 radical (unpaired) electrons. The van der Waals surface area contributed by atoms with Gasteiger partial charge in [0.1, 0.15) is 11.3 Å². The van der Waals surface area contributed by atoms with Crippen LogP contribution < -0.4 is 10.2 Å². The molecule has 0 aliphatic heterocycles. The Morgan fingerprint density at radius 2 is 1.69 bits per heavy atom. The van der Waals surface area contributed by atoms with Crippen LogP contribution in [0, 0.1) is 0 Å². The molecule has 0 atom stereocenters. The lowest BCUT2D eigenvalue weighted by molar-refractivity contribution is 0.257. The number of pyridine rings is 1. The molecule has 4 heterocycles. The molecule has 0 fully saturated rings. The average molecular weight is 386 g/mol. The Bertz CT molecular complexity index is 1190. The maximum Gasteiger partial charge on any atom is 0.336 e. The highest BCUT2D eigenvalue weighted by Gasteiger charge is 2.23. The van der Waals surface area contributed by atoms with Crippen molar-refractivity contribution in [3.05, 3.63) is 79.4 Å². The fourth-order valence-electron chi connectivity index (χ4n) is 2.90. The number of para-hydroxylation sites is 2. The molecule has 29 heavy (non-hydrogen) atoms. The number of rotatable bonds is 4. The number of furan rings is 2. The molecule has 0 saturated heterocycles. The Balaban J connectivity index is 1.44. The third-order valence-electron chi connectivity index (χ3n) is 4.19. The number of carbonyl (C=O) groups is 1. The lowest BCUT2D eigenvalue weighted by Crippen LogP contribution is -2.30. The van der Waals surface area contributed by atoms with Crippen LogP contribution in [0.5, 0.6) is 0 Å². The molecular weight excluding hydrogens is 372 g/mol. The van der Waals surface area contributed by atoms with E-state index in [2.05, 4.69) is 15.3 Å². The SMILES string of the molecule is O=C(Nc1cc(-c2nc3ccccc3o2)ccn1)N(c1ccco1)c1ccco1. The highest BCUT2D eigenvalue weighted by Crippen LogP contribution is 2.28. The second-order valence-electron chi connectivity index (χ2n) is 6.08. The molecule has 8 heteroatoms. The monoisotopic (exact) mass is 386 g/mol. The molecule has 2 amide bonds. The zero-order valence-electron chi connectivity index (χ0n) is 15.0. The molecule has 0 bridgehead atoms. The number of benzene rings is 1. The molecule has 4 aromatic heterocycles. The summed E-state index contributed by atoms with van der Waals surface area (Å²) >= 11 is 0. The summed E-state index contributed by atoms with van der Waals surface area (Å²) in [6.45, 7) is 0. The maximum absolute atomic E-state index is 12.9. The van der Waals surface area contributed by atoms with Gasteiger partial charge in [0.25, 0.3) is 0 Å². The van der Waals surface area contributed by atoms with Crippen LogP contribution in [0.1, 0.15) is 0 Å². The Morgan fingerprint density at radius 1 is 0.931 bits per heavy atom. The molecule has 0 aliphatic carbocycles. The van der Waals surface area contributed by atoms with E-state index in [0.29, 0.717) is 34.6 Å². The van der Waals surface area contributed by atoms with E-state index >= 15 is 0 Å². The van der Waals surface area contributed by atoms with Crippen molar-refractivity contribution in [2.24, 2.45) is 0 Å². The zero-order chi connectivity index (χ0) is 19.6. The summed E-state index contributed by atoms with van der Waals surface area (Å²) in [6.07, 6.45) is 4.53. The van der Waals surface area contributed by atoms with Crippen LogP contribution in [0.4, 0.5) is 22.4 Å². The fraction of sp³-hybridized carbons (Fsp3) is 0. The third-order valence-corrected chi connectivity index (χ3v) is 4.19. The highest BCUT2D eigenvalue weighted by atomic mass is 16.4. The van der Waals surface area contributed by atoms with Gasteiger partial charge in [0.15, 0.2) is 5.58 Å². The van der Waals surface area contributed by atoms with Gasteiger partial charge in [-0.3, -0.25) is 5.32 Å². The summed E-state index contributed by atoms with van der Waals surface area (Å²) in [7, 11) is 0. The van der Waals surface area contributed by atoms with Gasteiger partial charge in [-0.05, 0) is 36.4 Å². The van der Waals surface area contributed by atoms with E-state index in [1.807, 2.05) is 24.3 Å². The molecule has 0 spiro atoms. The van der Waals surface area contributed by atoms with Crippen molar-refractivity contribution in [3.63, 3.8) is 0 Å². The van der Waals surface area contributed by atoms with Crippen molar-refractivity contribution >= 4 is 34.7 Å². The van der Waals surface area contributed by atoms with Gasteiger partial charge in [-0.25, -0.2) is 14.8 Å². The number of hydrogen-bond acceptors (Lipinski definition) is 6. The van der Waals surface area contributed by atoms with Crippen molar-refractivity contribution in [3.8, 4) is 11.5 Å². The number of amides is 2. The van der Waals surface area contributed by atoms with Gasteiger partial charge in [0.2, 0.25) is 17.7 Å². The molecule has 1 aromatic carbocycles. The molecule has 5 aromatic rings. The van der Waals surface area contributed by atoms with Crippen molar-refractivity contribution < 1.29 is 18.0 Å². The van der Waals surface area contributed by atoms with Crippen molar-refractivity contribution in [2.45, 2.75) is 0 Å². The molecule has 5 rings (SSSR count). The summed E-state index contributed by atoms with van der Waals surface area (Å²) in [6, 6.07) is 17.1. The lowest BCUT2D eigenvalue weighted by Gasteiger charge is -2.17. The van der Waals surface area contributed by atoms with Crippen LogP contribution in [0.25, 0.3) is 22.6 Å². The normalized spacial score (nSPS) is 10.9. The quantitative estimate of drug-likeness (QED) is 0.441. The standard InChI is InChI=1S/C21H14N4O4/c26-21(25(18-7-3-11-27-18)19-8-4-12-28-19)24-17-13-14(9-10-22-17)20-23-15-5-1-2-6-16(15)29-20/h1-13H,(H,22,24,26). The van der Waals surface area contributed by atoms with Crippen LogP contribution in [0.15, 0.2) is 92.6 Å². The number of nitrogens with zero attached hydrogens (tertiary/aromatic N) is 3. The smallest absolute Gasteiger partial charge is 0.336 e. The summed E-state index contributed by atoms with van der Waals surface area (Å²) in [5, 5.41) is 2.75. The maximum atomic E-state index is 12.9. The number of fused-ring (bicyclic) bond motifs is 1. The predicted molar refractivity (Wildman–Crippen MR) is 106 cm³/mol. The van der Waals surface area contributed by atoms with E-state index in [-0.39, 0.29) is 0 Å². The minimum atomic E-state index is -0.489. The number of hydrogen-bond donors (Lipinski definition) is 1. The number of carbonyl (C=O) groups excluding carboxylic acids is 1. The summed E-state index contributed by atoms with van der Waals surface area (Å²) in [4.78, 5) is 22.9. The predicted octanol–water partition coefficient (Wildman–Crippen LogP) is 5.45. The van der Waals surface area contributed by atoms with Crippen molar-refractivity contribution in [1.29, 1.82) is 0 Å². The molecule has 8 nitrogen and oxygen atoms in total. The first-order valence-electron chi connectivity index (χ1n) is 8.78. The van der Waals surface area contributed by atoms with Crippen LogP contribution in [-0.4, -0.2) is 16.0 Å². The molecular formula is C21H14N4O4. The third kappa shape index (κ3) is 3.23. The van der Waals surface area contributed by atoms with E-state index in [1.54, 1.807) is 42.6 Å². The number of oxazole rings is 1. The number of nitrogens with one attached hydrogen (secondary N) is 1. The Kier molecular flexibility index (Phi) is 4.06. The van der Waals surface area contributed by atoms with Gasteiger partial charge < -0.3 is 13.3 Å². The first-order chi connectivity index (χ1) is 14.3. The van der Waals surface area contributed by atoms with Gasteiger partial charge >= 0.3 is 6.03 Å². The topological polar surface area (TPSA) is 97.5 Å². The Morgan fingerprint density at radius 3 is 2.38 bits per heavy atom. The van der Waals surface area contributed by atoms with Crippen molar-refractivity contribution in [1.82, 2.24) is 9.97 Å². The van der Waals surface area contributed by atoms with E-state index < -0.39 is 6.03 Å². The molecule has 0 saturated carbocycles. The first kappa shape index (κ1) is 16.8. The van der Waals surface area contributed by atoms with Crippen LogP contribution in [-0.2, 0) is 0 Å². The summed E-state index contributed by atoms with van der Waals surface area (Å²) in [5.74, 6) is 1.40. The number of aromatic nitrogens is 2. The zero-order valence-corrected chi connectivity index (χ0v) is 15.0. The molecule has 1 N–H and O–H groups in total. The van der Waals surface area contributed by atoms with E-state index in [0.717, 1.165) is 5.52 Å². The fourth-order valence-corrected chi connectivity index (χ4v) is 2.90. The van der Waals surface area contributed by atoms with E-state index in [9.17, 15) is 4.79 Å². The highest BCUT2D eigenvalue weighted by molar-refractivity contribution is 6.05. The second kappa shape index (κ2) is 7.01. The molecule has 0 aliphatic rings. The van der Waals surface area contributed by atoms with Crippen LogP contribution in [0.3, 0.4) is 0 Å². The lowest BCUT2D eigenvalue weighted by atomic mass is 10.2. The van der Waals surface area contributed by atoms with Crippen molar-refractivity contribution in [2.75, 3.05) is 10.2 Å². The summed E-state index contributed by atoms with van der Waals surface area (Å²) < 4.78 is 16.5.